The number of piperidine rings is 1. The Labute approximate surface area is 141 Å². The van der Waals surface area contributed by atoms with E-state index in [2.05, 4.69) is 0 Å². The van der Waals surface area contributed by atoms with Gasteiger partial charge in [-0.1, -0.05) is 0 Å². The van der Waals surface area contributed by atoms with Crippen molar-refractivity contribution >= 4 is 22.4 Å². The zero-order valence-electron chi connectivity index (χ0n) is 13.4. The quantitative estimate of drug-likeness (QED) is 0.757. The summed E-state index contributed by atoms with van der Waals surface area (Å²) in [5, 5.41) is 0. The second-order valence-electron chi connectivity index (χ2n) is 5.88. The predicted octanol–water partition coefficient (Wildman–Crippen LogP) is -0.746. The number of rotatable bonds is 3. The van der Waals surface area contributed by atoms with E-state index >= 15 is 0 Å². The Kier molecular flexibility index (Phi) is 6.19. The van der Waals surface area contributed by atoms with Crippen LogP contribution >= 0.6 is 12.4 Å². The maximum atomic E-state index is 12.7. The minimum absolute atomic E-state index is 0. The fourth-order valence-electron chi connectivity index (χ4n) is 2.71. The molecule has 8 nitrogen and oxygen atoms in total. The third-order valence-electron chi connectivity index (χ3n) is 4.20. The molecule has 2 N–H and O–H groups in total. The van der Waals surface area contributed by atoms with Crippen molar-refractivity contribution < 1.29 is 8.42 Å². The Bertz CT molecular complexity index is 784. The first-order valence-corrected chi connectivity index (χ1v) is 8.62. The van der Waals surface area contributed by atoms with E-state index in [-0.39, 0.29) is 29.3 Å². The van der Waals surface area contributed by atoms with E-state index in [0.29, 0.717) is 19.5 Å². The molecule has 1 saturated heterocycles. The number of halogens is 1. The van der Waals surface area contributed by atoms with Crippen LogP contribution in [0.25, 0.3) is 0 Å². The zero-order valence-corrected chi connectivity index (χ0v) is 15.1. The van der Waals surface area contributed by atoms with Gasteiger partial charge in [0.1, 0.15) is 0 Å². The van der Waals surface area contributed by atoms with Gasteiger partial charge in [0.25, 0.3) is 5.56 Å². The van der Waals surface area contributed by atoms with E-state index in [4.69, 9.17) is 5.73 Å². The topological polar surface area (TPSA) is 107 Å². The van der Waals surface area contributed by atoms with Gasteiger partial charge in [0.05, 0.1) is 0 Å². The zero-order chi connectivity index (χ0) is 16.7. The Hall–Kier alpha value is -1.16. The highest BCUT2D eigenvalue weighted by Crippen LogP contribution is 2.23. The van der Waals surface area contributed by atoms with Crippen molar-refractivity contribution in [1.82, 2.24) is 13.4 Å². The molecule has 1 fully saturated rings. The maximum absolute atomic E-state index is 12.7. The van der Waals surface area contributed by atoms with Crippen LogP contribution in [0.3, 0.4) is 0 Å². The molecule has 0 radical (unpaired) electrons. The van der Waals surface area contributed by atoms with Crippen LogP contribution in [0.5, 0.6) is 0 Å². The Morgan fingerprint density at radius 3 is 2.48 bits per heavy atom. The van der Waals surface area contributed by atoms with Crippen LogP contribution in [0.1, 0.15) is 19.8 Å². The molecule has 2 atom stereocenters. The van der Waals surface area contributed by atoms with E-state index in [1.54, 1.807) is 0 Å². The van der Waals surface area contributed by atoms with Gasteiger partial charge in [0, 0.05) is 39.4 Å². The molecule has 2 heterocycles. The average molecular weight is 367 g/mol. The lowest BCUT2D eigenvalue weighted by Gasteiger charge is -2.33. The average Bonchev–Trinajstić information content (AvgIpc) is 2.48. The number of aryl methyl sites for hydroxylation is 1. The van der Waals surface area contributed by atoms with Crippen LogP contribution in [-0.4, -0.2) is 41.0 Å². The molecule has 0 spiro atoms. The second-order valence-corrected chi connectivity index (χ2v) is 7.78. The first kappa shape index (κ1) is 19.9. The summed E-state index contributed by atoms with van der Waals surface area (Å²) in [4.78, 5) is 23.5. The first-order valence-electron chi connectivity index (χ1n) is 7.18. The van der Waals surface area contributed by atoms with Gasteiger partial charge in [0.2, 0.25) is 10.0 Å². The standard InChI is InChI=1S/C13H22N4O4S.ClH/c1-9(14)10-5-4-6-17(7-10)22(20,21)11-8-15(2)13(19)16(3)12(11)18;/h8-10H,4-7,14H2,1-3H3;1H. The molecule has 10 heteroatoms. The molecule has 1 aromatic heterocycles. The number of nitrogens with two attached hydrogens (primary N) is 1. The van der Waals surface area contributed by atoms with Crippen LogP contribution in [0.4, 0.5) is 0 Å². The van der Waals surface area contributed by atoms with E-state index in [0.717, 1.165) is 21.8 Å². The monoisotopic (exact) mass is 366 g/mol. The molecular weight excluding hydrogens is 344 g/mol. The molecule has 0 amide bonds. The van der Waals surface area contributed by atoms with Crippen LogP contribution in [-0.2, 0) is 24.1 Å². The lowest BCUT2D eigenvalue weighted by Crippen LogP contribution is -2.47. The van der Waals surface area contributed by atoms with E-state index < -0.39 is 21.3 Å². The first-order chi connectivity index (χ1) is 10.2. The van der Waals surface area contributed by atoms with Crippen molar-refractivity contribution in [1.29, 1.82) is 0 Å². The lowest BCUT2D eigenvalue weighted by molar-refractivity contribution is 0.243. The summed E-state index contributed by atoms with van der Waals surface area (Å²) in [7, 11) is -1.25. The fraction of sp³-hybridized carbons (Fsp3) is 0.692. The maximum Gasteiger partial charge on any atom is 0.330 e. The Morgan fingerprint density at radius 2 is 1.91 bits per heavy atom. The molecule has 2 rings (SSSR count). The van der Waals surface area contributed by atoms with Crippen LogP contribution < -0.4 is 17.0 Å². The van der Waals surface area contributed by atoms with Crippen molar-refractivity contribution in [2.24, 2.45) is 25.7 Å². The molecular formula is C13H23ClN4O4S. The molecule has 0 aromatic carbocycles. The van der Waals surface area contributed by atoms with Crippen LogP contribution in [0, 0.1) is 5.92 Å². The summed E-state index contributed by atoms with van der Waals surface area (Å²) in [6, 6.07) is -0.110. The highest BCUT2D eigenvalue weighted by Gasteiger charge is 2.33. The molecule has 132 valence electrons. The van der Waals surface area contributed by atoms with Gasteiger partial charge in [-0.05, 0) is 25.7 Å². The number of nitrogens with zero attached hydrogens (tertiary/aromatic N) is 3. The van der Waals surface area contributed by atoms with Crippen LogP contribution in [0.2, 0.25) is 0 Å². The molecule has 1 aromatic rings. The van der Waals surface area contributed by atoms with Crippen molar-refractivity contribution in [3.63, 3.8) is 0 Å². The van der Waals surface area contributed by atoms with Gasteiger partial charge in [-0.15, -0.1) is 12.4 Å². The molecule has 0 aliphatic carbocycles. The van der Waals surface area contributed by atoms with E-state index in [9.17, 15) is 18.0 Å². The molecule has 1 aliphatic heterocycles. The SMILES string of the molecule is CC(N)C1CCCN(S(=O)(=O)c2cn(C)c(=O)n(C)c2=O)C1.Cl. The van der Waals surface area contributed by atoms with Crippen molar-refractivity contribution in [3.8, 4) is 0 Å². The second kappa shape index (κ2) is 7.16. The summed E-state index contributed by atoms with van der Waals surface area (Å²) >= 11 is 0. The molecule has 23 heavy (non-hydrogen) atoms. The predicted molar refractivity (Wildman–Crippen MR) is 89.3 cm³/mol. The van der Waals surface area contributed by atoms with Crippen LogP contribution in [0.15, 0.2) is 20.7 Å². The molecule has 2 unspecified atom stereocenters. The Balaban J connectivity index is 0.00000264. The summed E-state index contributed by atoms with van der Waals surface area (Å²) in [6.07, 6.45) is 2.67. The number of hydrogen-bond donors (Lipinski definition) is 1. The molecule has 0 bridgehead atoms. The summed E-state index contributed by atoms with van der Waals surface area (Å²) in [6.45, 7) is 2.51. The van der Waals surface area contributed by atoms with Crippen molar-refractivity contribution in [3.05, 3.63) is 27.0 Å². The summed E-state index contributed by atoms with van der Waals surface area (Å²) in [5.41, 5.74) is 4.52. The molecule has 1 aliphatic rings. The normalized spacial score (nSPS) is 20.8. The van der Waals surface area contributed by atoms with Crippen molar-refractivity contribution in [2.45, 2.75) is 30.7 Å². The highest BCUT2D eigenvalue weighted by atomic mass is 35.5. The van der Waals surface area contributed by atoms with Gasteiger partial charge in [0.15, 0.2) is 4.90 Å². The van der Waals surface area contributed by atoms with Gasteiger partial charge in [-0.3, -0.25) is 9.36 Å². The minimum atomic E-state index is -3.94. The number of sulfonamides is 1. The minimum Gasteiger partial charge on any atom is -0.328 e. The number of aromatic nitrogens is 2. The van der Waals surface area contributed by atoms with E-state index in [1.165, 1.54) is 18.4 Å². The Morgan fingerprint density at radius 1 is 1.30 bits per heavy atom. The smallest absolute Gasteiger partial charge is 0.328 e. The summed E-state index contributed by atoms with van der Waals surface area (Å²) < 4.78 is 28.7. The largest absolute Gasteiger partial charge is 0.330 e. The third-order valence-corrected chi connectivity index (χ3v) is 6.04. The van der Waals surface area contributed by atoms with E-state index in [1.807, 2.05) is 6.92 Å². The number of hydrogen-bond acceptors (Lipinski definition) is 5. The van der Waals surface area contributed by atoms with Gasteiger partial charge < -0.3 is 10.3 Å². The van der Waals surface area contributed by atoms with Gasteiger partial charge in [-0.25, -0.2) is 13.2 Å². The highest BCUT2D eigenvalue weighted by molar-refractivity contribution is 7.89. The fourth-order valence-corrected chi connectivity index (χ4v) is 4.40. The summed E-state index contributed by atoms with van der Waals surface area (Å²) in [5.74, 6) is 0.0694. The van der Waals surface area contributed by atoms with Crippen molar-refractivity contribution in [2.75, 3.05) is 13.1 Å². The third kappa shape index (κ3) is 3.68. The lowest BCUT2D eigenvalue weighted by atomic mass is 9.93. The van der Waals surface area contributed by atoms with Gasteiger partial charge in [-0.2, -0.15) is 4.31 Å². The van der Waals surface area contributed by atoms with Gasteiger partial charge >= 0.3 is 5.69 Å². The molecule has 0 saturated carbocycles.